The standard InChI is InChI=1S/C20H21N3O/c1-14-19-17(16-9-5-6-10-18(16)22-19)11-12-23(14)20(24)21-13-15-7-3-2-4-8-15/h2-10,14,22H,11-13H2,1H3,(H,21,24)/t14-/m0/s1. The Hall–Kier alpha value is -2.75. The van der Waals surface area contributed by atoms with Gasteiger partial charge in [-0.3, -0.25) is 0 Å². The third kappa shape index (κ3) is 2.54. The average molecular weight is 319 g/mol. The van der Waals surface area contributed by atoms with Crippen molar-refractivity contribution in [3.8, 4) is 0 Å². The van der Waals surface area contributed by atoms with Gasteiger partial charge in [0.05, 0.1) is 6.04 Å². The first-order valence-corrected chi connectivity index (χ1v) is 8.42. The summed E-state index contributed by atoms with van der Waals surface area (Å²) in [7, 11) is 0. The fraction of sp³-hybridized carbons (Fsp3) is 0.250. The van der Waals surface area contributed by atoms with Gasteiger partial charge in [-0.25, -0.2) is 4.79 Å². The molecule has 4 rings (SSSR count). The van der Waals surface area contributed by atoms with Crippen LogP contribution in [0.5, 0.6) is 0 Å². The molecule has 122 valence electrons. The molecule has 1 aliphatic heterocycles. The Balaban J connectivity index is 1.52. The number of benzene rings is 2. The molecule has 4 heteroatoms. The summed E-state index contributed by atoms with van der Waals surface area (Å²) in [5.41, 5.74) is 4.78. The number of aromatic nitrogens is 1. The Kier molecular flexibility index (Phi) is 3.73. The molecule has 1 atom stereocenters. The normalized spacial score (nSPS) is 16.9. The van der Waals surface area contributed by atoms with Crippen molar-refractivity contribution in [2.45, 2.75) is 25.9 Å². The van der Waals surface area contributed by atoms with Crippen LogP contribution in [0, 0.1) is 0 Å². The van der Waals surface area contributed by atoms with Crippen LogP contribution in [0.4, 0.5) is 4.79 Å². The second kappa shape index (κ2) is 6.04. The Labute approximate surface area is 141 Å². The molecule has 0 unspecified atom stereocenters. The molecule has 0 aliphatic carbocycles. The number of fused-ring (bicyclic) bond motifs is 3. The molecule has 0 bridgehead atoms. The van der Waals surface area contributed by atoms with E-state index in [-0.39, 0.29) is 12.1 Å². The molecule has 0 spiro atoms. The van der Waals surface area contributed by atoms with Crippen LogP contribution in [0.25, 0.3) is 10.9 Å². The lowest BCUT2D eigenvalue weighted by Gasteiger charge is -2.33. The summed E-state index contributed by atoms with van der Waals surface area (Å²) in [5, 5.41) is 4.32. The maximum absolute atomic E-state index is 12.6. The first-order valence-electron chi connectivity index (χ1n) is 8.42. The predicted molar refractivity (Wildman–Crippen MR) is 95.8 cm³/mol. The van der Waals surface area contributed by atoms with Crippen LogP contribution in [0.2, 0.25) is 0 Å². The van der Waals surface area contributed by atoms with Gasteiger partial charge in [0.2, 0.25) is 0 Å². The molecule has 2 amide bonds. The number of carbonyl (C=O) groups is 1. The van der Waals surface area contributed by atoms with Gasteiger partial charge in [-0.2, -0.15) is 0 Å². The molecule has 24 heavy (non-hydrogen) atoms. The van der Waals surface area contributed by atoms with Crippen LogP contribution in [0.15, 0.2) is 54.6 Å². The summed E-state index contributed by atoms with van der Waals surface area (Å²) in [4.78, 5) is 18.0. The monoisotopic (exact) mass is 319 g/mol. The minimum Gasteiger partial charge on any atom is -0.356 e. The van der Waals surface area contributed by atoms with Gasteiger partial charge in [-0.1, -0.05) is 48.5 Å². The van der Waals surface area contributed by atoms with E-state index in [0.717, 1.165) is 29.7 Å². The fourth-order valence-corrected chi connectivity index (χ4v) is 3.58. The second-order valence-corrected chi connectivity index (χ2v) is 6.33. The number of carbonyl (C=O) groups excluding carboxylic acids is 1. The zero-order valence-electron chi connectivity index (χ0n) is 13.8. The van der Waals surface area contributed by atoms with Gasteiger partial charge < -0.3 is 15.2 Å². The third-order valence-corrected chi connectivity index (χ3v) is 4.88. The molecular formula is C20H21N3O. The molecule has 0 fully saturated rings. The highest BCUT2D eigenvalue weighted by atomic mass is 16.2. The summed E-state index contributed by atoms with van der Waals surface area (Å²) < 4.78 is 0. The molecule has 1 aliphatic rings. The molecule has 2 aromatic carbocycles. The van der Waals surface area contributed by atoms with Crippen molar-refractivity contribution in [3.05, 3.63) is 71.4 Å². The Morgan fingerprint density at radius 1 is 1.17 bits per heavy atom. The molecule has 0 saturated carbocycles. The molecule has 1 aromatic heterocycles. The van der Waals surface area contributed by atoms with Crippen molar-refractivity contribution < 1.29 is 4.79 Å². The molecular weight excluding hydrogens is 298 g/mol. The van der Waals surface area contributed by atoms with Crippen LogP contribution >= 0.6 is 0 Å². The zero-order chi connectivity index (χ0) is 16.5. The second-order valence-electron chi connectivity index (χ2n) is 6.33. The van der Waals surface area contributed by atoms with E-state index in [1.165, 1.54) is 10.9 Å². The lowest BCUT2D eigenvalue weighted by Crippen LogP contribution is -2.44. The van der Waals surface area contributed by atoms with Gasteiger partial charge in [-0.05, 0) is 30.5 Å². The summed E-state index contributed by atoms with van der Waals surface area (Å²) >= 11 is 0. The van der Waals surface area contributed by atoms with Crippen molar-refractivity contribution in [2.75, 3.05) is 6.54 Å². The maximum atomic E-state index is 12.6. The number of urea groups is 1. The minimum absolute atomic E-state index is 0.00402. The number of aromatic amines is 1. The highest BCUT2D eigenvalue weighted by Gasteiger charge is 2.30. The van der Waals surface area contributed by atoms with E-state index in [2.05, 4.69) is 35.4 Å². The van der Waals surface area contributed by atoms with Crippen molar-refractivity contribution in [2.24, 2.45) is 0 Å². The Bertz CT molecular complexity index is 869. The number of H-pyrrole nitrogens is 1. The number of hydrogen-bond acceptors (Lipinski definition) is 1. The number of rotatable bonds is 2. The van der Waals surface area contributed by atoms with Crippen molar-refractivity contribution in [1.29, 1.82) is 0 Å². The molecule has 0 radical (unpaired) electrons. The van der Waals surface area contributed by atoms with Gasteiger partial charge in [0.25, 0.3) is 0 Å². The van der Waals surface area contributed by atoms with Crippen LogP contribution < -0.4 is 5.32 Å². The van der Waals surface area contributed by atoms with Gasteiger partial charge in [0.15, 0.2) is 0 Å². The number of nitrogens with zero attached hydrogens (tertiary/aromatic N) is 1. The van der Waals surface area contributed by atoms with Gasteiger partial charge in [0, 0.05) is 29.7 Å². The largest absolute Gasteiger partial charge is 0.356 e. The van der Waals surface area contributed by atoms with E-state index in [0.29, 0.717) is 6.54 Å². The van der Waals surface area contributed by atoms with E-state index in [9.17, 15) is 4.79 Å². The first-order chi connectivity index (χ1) is 11.7. The van der Waals surface area contributed by atoms with Crippen molar-refractivity contribution in [3.63, 3.8) is 0 Å². The number of nitrogens with one attached hydrogen (secondary N) is 2. The van der Waals surface area contributed by atoms with Gasteiger partial charge in [-0.15, -0.1) is 0 Å². The van der Waals surface area contributed by atoms with Gasteiger partial charge >= 0.3 is 6.03 Å². The highest BCUT2D eigenvalue weighted by Crippen LogP contribution is 2.34. The molecule has 2 N–H and O–H groups in total. The van der Waals surface area contributed by atoms with Crippen molar-refractivity contribution in [1.82, 2.24) is 15.2 Å². The zero-order valence-corrected chi connectivity index (χ0v) is 13.8. The minimum atomic E-state index is -0.00402. The topological polar surface area (TPSA) is 48.1 Å². The van der Waals surface area contributed by atoms with E-state index in [1.54, 1.807) is 0 Å². The first kappa shape index (κ1) is 14.8. The van der Waals surface area contributed by atoms with E-state index >= 15 is 0 Å². The fourth-order valence-electron chi connectivity index (χ4n) is 3.58. The van der Waals surface area contributed by atoms with Crippen LogP contribution in [0.3, 0.4) is 0 Å². The number of amides is 2. The van der Waals surface area contributed by atoms with Crippen molar-refractivity contribution >= 4 is 16.9 Å². The maximum Gasteiger partial charge on any atom is 0.318 e. The average Bonchev–Trinajstić information content (AvgIpc) is 3.01. The van der Waals surface area contributed by atoms with Crippen LogP contribution in [-0.4, -0.2) is 22.5 Å². The van der Waals surface area contributed by atoms with Crippen LogP contribution in [-0.2, 0) is 13.0 Å². The molecule has 0 saturated heterocycles. The SMILES string of the molecule is C[C@H]1c2[nH]c3ccccc3c2CCN1C(=O)NCc1ccccc1. The molecule has 2 heterocycles. The summed E-state index contributed by atoms with van der Waals surface area (Å²) in [5.74, 6) is 0. The predicted octanol–water partition coefficient (Wildman–Crippen LogP) is 4.00. The quantitative estimate of drug-likeness (QED) is 0.737. The number of hydrogen-bond donors (Lipinski definition) is 2. The molecule has 4 nitrogen and oxygen atoms in total. The molecule has 3 aromatic rings. The van der Waals surface area contributed by atoms with Crippen LogP contribution in [0.1, 0.15) is 29.8 Å². The van der Waals surface area contributed by atoms with Gasteiger partial charge in [0.1, 0.15) is 0 Å². The smallest absolute Gasteiger partial charge is 0.318 e. The Morgan fingerprint density at radius 2 is 1.92 bits per heavy atom. The van der Waals surface area contributed by atoms with E-state index in [1.807, 2.05) is 41.3 Å². The van der Waals surface area contributed by atoms with E-state index < -0.39 is 0 Å². The lowest BCUT2D eigenvalue weighted by atomic mass is 9.98. The summed E-state index contributed by atoms with van der Waals surface area (Å²) in [6.45, 7) is 3.40. The Morgan fingerprint density at radius 3 is 2.75 bits per heavy atom. The third-order valence-electron chi connectivity index (χ3n) is 4.88. The highest BCUT2D eigenvalue weighted by molar-refractivity contribution is 5.86. The summed E-state index contributed by atoms with van der Waals surface area (Å²) in [6.07, 6.45) is 0.891. The summed E-state index contributed by atoms with van der Waals surface area (Å²) in [6, 6.07) is 18.4. The van der Waals surface area contributed by atoms with E-state index in [4.69, 9.17) is 0 Å². The number of para-hydroxylation sites is 1. The lowest BCUT2D eigenvalue weighted by molar-refractivity contribution is 0.173.